The van der Waals surface area contributed by atoms with E-state index in [1.807, 2.05) is 0 Å². The SMILES string of the molecule is CC(C)CC(NC(=O)C(CC(=O)O)NC(=O)C(Cc1ccc(O)cc1)NC(=O)C(N)CCC(N)=O)C(=O)O. The van der Waals surface area contributed by atoms with Crippen LogP contribution in [0.5, 0.6) is 5.75 Å². The highest BCUT2D eigenvalue weighted by atomic mass is 16.4. The molecule has 4 amide bonds. The van der Waals surface area contributed by atoms with E-state index in [4.69, 9.17) is 11.5 Å². The third-order valence-electron chi connectivity index (χ3n) is 5.38. The van der Waals surface area contributed by atoms with Crippen LogP contribution in [0.4, 0.5) is 0 Å². The summed E-state index contributed by atoms with van der Waals surface area (Å²) in [5.74, 6) is -6.35. The number of nitrogens with two attached hydrogens (primary N) is 2. The predicted molar refractivity (Wildman–Crippen MR) is 133 cm³/mol. The monoisotopic (exact) mass is 537 g/mol. The van der Waals surface area contributed by atoms with Crippen LogP contribution in [0.15, 0.2) is 24.3 Å². The molecule has 0 aliphatic heterocycles. The van der Waals surface area contributed by atoms with Crippen molar-refractivity contribution in [3.8, 4) is 5.75 Å². The summed E-state index contributed by atoms with van der Waals surface area (Å²) in [7, 11) is 0. The number of phenols is 1. The number of carbonyl (C=O) groups is 6. The Labute approximate surface area is 219 Å². The zero-order valence-electron chi connectivity index (χ0n) is 21.2. The lowest BCUT2D eigenvalue weighted by atomic mass is 10.0. The summed E-state index contributed by atoms with van der Waals surface area (Å²) in [5.41, 5.74) is 11.4. The van der Waals surface area contributed by atoms with Gasteiger partial charge in [-0.1, -0.05) is 26.0 Å². The van der Waals surface area contributed by atoms with Gasteiger partial charge in [0.1, 0.15) is 23.9 Å². The number of primary amides is 1. The maximum atomic E-state index is 13.2. The highest BCUT2D eigenvalue weighted by molar-refractivity contribution is 5.95. The number of carbonyl (C=O) groups excluding carboxylic acids is 4. The van der Waals surface area contributed by atoms with Gasteiger partial charge in [-0.3, -0.25) is 24.0 Å². The summed E-state index contributed by atoms with van der Waals surface area (Å²) in [5, 5.41) is 35.1. The molecular weight excluding hydrogens is 502 g/mol. The molecule has 14 nitrogen and oxygen atoms in total. The number of benzene rings is 1. The van der Waals surface area contributed by atoms with E-state index in [1.54, 1.807) is 13.8 Å². The van der Waals surface area contributed by atoms with Gasteiger partial charge in [-0.2, -0.15) is 0 Å². The predicted octanol–water partition coefficient (Wildman–Crippen LogP) is -1.41. The first-order chi connectivity index (χ1) is 17.7. The molecule has 1 rings (SSSR count). The topological polar surface area (TPSA) is 251 Å². The molecule has 0 saturated heterocycles. The Morgan fingerprint density at radius 2 is 1.37 bits per heavy atom. The Bertz CT molecular complexity index is 1010. The summed E-state index contributed by atoms with van der Waals surface area (Å²) in [4.78, 5) is 72.4. The van der Waals surface area contributed by atoms with Crippen molar-refractivity contribution in [3.63, 3.8) is 0 Å². The number of aliphatic carboxylic acids is 2. The molecule has 0 fully saturated rings. The molecule has 4 unspecified atom stereocenters. The average molecular weight is 538 g/mol. The fourth-order valence-electron chi connectivity index (χ4n) is 3.41. The van der Waals surface area contributed by atoms with Gasteiger partial charge in [-0.05, 0) is 36.5 Å². The third-order valence-corrected chi connectivity index (χ3v) is 5.38. The number of nitrogens with one attached hydrogen (secondary N) is 3. The summed E-state index contributed by atoms with van der Waals surface area (Å²) in [6, 6.07) is 0.172. The van der Waals surface area contributed by atoms with Crippen molar-refractivity contribution in [2.24, 2.45) is 17.4 Å². The number of amides is 4. The van der Waals surface area contributed by atoms with E-state index in [0.29, 0.717) is 5.56 Å². The van der Waals surface area contributed by atoms with Gasteiger partial charge in [-0.25, -0.2) is 4.79 Å². The molecule has 0 heterocycles. The molecular formula is C24H35N5O9. The highest BCUT2D eigenvalue weighted by Gasteiger charge is 2.32. The van der Waals surface area contributed by atoms with E-state index in [2.05, 4.69) is 16.0 Å². The van der Waals surface area contributed by atoms with E-state index in [9.17, 15) is 44.1 Å². The van der Waals surface area contributed by atoms with Crippen molar-refractivity contribution in [2.45, 2.75) is 70.1 Å². The van der Waals surface area contributed by atoms with Gasteiger partial charge in [0.15, 0.2) is 0 Å². The number of hydrogen-bond donors (Lipinski definition) is 8. The molecule has 1 aromatic rings. The van der Waals surface area contributed by atoms with Gasteiger partial charge < -0.3 is 42.7 Å². The molecule has 0 radical (unpaired) electrons. The molecule has 0 bridgehead atoms. The number of rotatable bonds is 16. The van der Waals surface area contributed by atoms with E-state index >= 15 is 0 Å². The van der Waals surface area contributed by atoms with Crippen LogP contribution >= 0.6 is 0 Å². The van der Waals surface area contributed by atoms with Crippen LogP contribution in [0.25, 0.3) is 0 Å². The fraction of sp³-hybridized carbons (Fsp3) is 0.500. The van der Waals surface area contributed by atoms with Gasteiger partial charge in [0.2, 0.25) is 23.6 Å². The van der Waals surface area contributed by atoms with Crippen LogP contribution in [0.3, 0.4) is 0 Å². The molecule has 210 valence electrons. The summed E-state index contributed by atoms with van der Waals surface area (Å²) in [6.45, 7) is 3.48. The van der Waals surface area contributed by atoms with Crippen LogP contribution < -0.4 is 27.4 Å². The van der Waals surface area contributed by atoms with Gasteiger partial charge in [0.05, 0.1) is 12.5 Å². The second-order valence-electron chi connectivity index (χ2n) is 9.23. The number of carboxylic acid groups (broad SMARTS) is 2. The maximum absolute atomic E-state index is 13.2. The lowest BCUT2D eigenvalue weighted by molar-refractivity contribution is -0.144. The highest BCUT2D eigenvalue weighted by Crippen LogP contribution is 2.12. The van der Waals surface area contributed by atoms with Crippen molar-refractivity contribution >= 4 is 35.6 Å². The molecule has 0 aliphatic rings. The van der Waals surface area contributed by atoms with Gasteiger partial charge >= 0.3 is 11.9 Å². The van der Waals surface area contributed by atoms with Crippen LogP contribution in [0.2, 0.25) is 0 Å². The van der Waals surface area contributed by atoms with E-state index < -0.39 is 66.2 Å². The molecule has 38 heavy (non-hydrogen) atoms. The quantitative estimate of drug-likeness (QED) is 0.122. The van der Waals surface area contributed by atoms with Crippen molar-refractivity contribution in [2.75, 3.05) is 0 Å². The number of carboxylic acids is 2. The second kappa shape index (κ2) is 15.1. The van der Waals surface area contributed by atoms with E-state index in [1.165, 1.54) is 24.3 Å². The molecule has 1 aromatic carbocycles. The van der Waals surface area contributed by atoms with Crippen LogP contribution in [-0.2, 0) is 35.2 Å². The van der Waals surface area contributed by atoms with Crippen LogP contribution in [-0.4, -0.2) is 75.1 Å². The van der Waals surface area contributed by atoms with E-state index in [-0.39, 0.29) is 37.4 Å². The third kappa shape index (κ3) is 11.7. The lowest BCUT2D eigenvalue weighted by Crippen LogP contribution is -2.58. The molecule has 0 aromatic heterocycles. The minimum absolute atomic E-state index is 0.0418. The lowest BCUT2D eigenvalue weighted by Gasteiger charge is -2.25. The van der Waals surface area contributed by atoms with Gasteiger partial charge in [0, 0.05) is 12.8 Å². The van der Waals surface area contributed by atoms with Crippen molar-refractivity contribution in [1.82, 2.24) is 16.0 Å². The Morgan fingerprint density at radius 1 is 0.842 bits per heavy atom. The Kier molecular flexibility index (Phi) is 12.7. The maximum Gasteiger partial charge on any atom is 0.326 e. The Morgan fingerprint density at radius 3 is 1.87 bits per heavy atom. The van der Waals surface area contributed by atoms with Crippen LogP contribution in [0.1, 0.15) is 45.1 Å². The molecule has 10 N–H and O–H groups in total. The average Bonchev–Trinajstić information content (AvgIpc) is 2.81. The smallest absolute Gasteiger partial charge is 0.326 e. The number of hydrogen-bond acceptors (Lipinski definition) is 8. The first-order valence-corrected chi connectivity index (χ1v) is 11.9. The van der Waals surface area contributed by atoms with Gasteiger partial charge in [-0.15, -0.1) is 0 Å². The first-order valence-electron chi connectivity index (χ1n) is 11.9. The molecule has 0 spiro atoms. The largest absolute Gasteiger partial charge is 0.508 e. The standard InChI is InChI=1S/C24H35N5O9/c1-12(2)9-18(24(37)38)29-23(36)17(11-20(32)33)28-22(35)16(10-13-3-5-14(30)6-4-13)27-21(34)15(25)7-8-19(26)31/h3-6,12,15-18,30H,7-11,25H2,1-2H3,(H2,26,31)(H,27,34)(H,28,35)(H,29,36)(H,32,33)(H,37,38). The summed E-state index contributed by atoms with van der Waals surface area (Å²) < 4.78 is 0. The Balaban J connectivity index is 3.14. The minimum Gasteiger partial charge on any atom is -0.508 e. The molecule has 14 heteroatoms. The second-order valence-corrected chi connectivity index (χ2v) is 9.23. The van der Waals surface area contributed by atoms with Crippen LogP contribution in [0, 0.1) is 5.92 Å². The normalized spacial score (nSPS) is 14.0. The molecule has 4 atom stereocenters. The number of aromatic hydroxyl groups is 1. The van der Waals surface area contributed by atoms with E-state index in [0.717, 1.165) is 0 Å². The van der Waals surface area contributed by atoms with Gasteiger partial charge in [0.25, 0.3) is 0 Å². The molecule has 0 saturated carbocycles. The Hall–Kier alpha value is -4.20. The van der Waals surface area contributed by atoms with Crippen molar-refractivity contribution in [1.29, 1.82) is 0 Å². The summed E-state index contributed by atoms with van der Waals surface area (Å²) >= 11 is 0. The zero-order valence-corrected chi connectivity index (χ0v) is 21.2. The van der Waals surface area contributed by atoms with Crippen molar-refractivity contribution in [3.05, 3.63) is 29.8 Å². The first kappa shape index (κ1) is 31.8. The zero-order chi connectivity index (χ0) is 29.0. The summed E-state index contributed by atoms with van der Waals surface area (Å²) in [6.07, 6.45) is -1.19. The van der Waals surface area contributed by atoms with Crippen molar-refractivity contribution < 1.29 is 44.1 Å². The minimum atomic E-state index is -1.66. The molecule has 0 aliphatic carbocycles. The fourth-order valence-corrected chi connectivity index (χ4v) is 3.41. The number of phenolic OH excluding ortho intramolecular Hbond substituents is 1.